The molecule has 4 aromatic rings. The van der Waals surface area contributed by atoms with Crippen molar-refractivity contribution in [3.05, 3.63) is 84.8 Å². The summed E-state index contributed by atoms with van der Waals surface area (Å²) >= 11 is 0. The van der Waals surface area contributed by atoms with Crippen molar-refractivity contribution in [2.45, 2.75) is 0 Å². The van der Waals surface area contributed by atoms with Gasteiger partial charge in [0.1, 0.15) is 17.6 Å². The Morgan fingerprint density at radius 1 is 0.885 bits per heavy atom. The Balaban J connectivity index is 1.62. The predicted octanol–water partition coefficient (Wildman–Crippen LogP) is 5.04. The van der Waals surface area contributed by atoms with E-state index in [9.17, 15) is 5.26 Å². The van der Waals surface area contributed by atoms with E-state index in [1.54, 1.807) is 18.6 Å². The molecule has 0 saturated heterocycles. The first-order chi connectivity index (χ1) is 12.8. The summed E-state index contributed by atoms with van der Waals surface area (Å²) in [6.45, 7) is 0. The largest absolute Gasteiger partial charge is 0.457 e. The number of para-hydroxylation sites is 1. The Bertz CT molecular complexity index is 1090. The van der Waals surface area contributed by atoms with Crippen LogP contribution in [0.1, 0.15) is 5.56 Å². The van der Waals surface area contributed by atoms with Gasteiger partial charge >= 0.3 is 0 Å². The molecule has 2 aromatic carbocycles. The summed E-state index contributed by atoms with van der Waals surface area (Å²) in [5, 5.41) is 13.6. The van der Waals surface area contributed by atoms with Gasteiger partial charge in [0.2, 0.25) is 0 Å². The molecule has 26 heavy (non-hydrogen) atoms. The Hall–Kier alpha value is -3.91. The summed E-state index contributed by atoms with van der Waals surface area (Å²) in [5.41, 5.74) is 2.79. The molecule has 0 spiro atoms. The highest BCUT2D eigenvalue weighted by atomic mass is 16.5. The summed E-state index contributed by atoms with van der Waals surface area (Å²) in [6, 6.07) is 21.2. The maximum Gasteiger partial charge on any atom is 0.127 e. The Morgan fingerprint density at radius 3 is 2.42 bits per heavy atom. The third-order valence-corrected chi connectivity index (χ3v) is 3.89. The number of nitrogens with one attached hydrogen (secondary N) is 1. The average molecular weight is 338 g/mol. The highest BCUT2D eigenvalue weighted by Gasteiger charge is 2.09. The van der Waals surface area contributed by atoms with Crippen molar-refractivity contribution in [3.8, 4) is 17.6 Å². The average Bonchev–Trinajstić information content (AvgIpc) is 2.70. The zero-order valence-electron chi connectivity index (χ0n) is 13.8. The zero-order chi connectivity index (χ0) is 17.8. The molecule has 1 N–H and O–H groups in total. The maximum absolute atomic E-state index is 9.40. The molecule has 0 fully saturated rings. The number of nitriles is 1. The minimum atomic E-state index is 0.480. The van der Waals surface area contributed by atoms with Gasteiger partial charge in [-0.1, -0.05) is 18.2 Å². The second-order valence-electron chi connectivity index (χ2n) is 5.62. The summed E-state index contributed by atoms with van der Waals surface area (Å²) in [7, 11) is 0. The molecular formula is C21H14N4O. The maximum atomic E-state index is 9.40. The normalized spacial score (nSPS) is 10.3. The van der Waals surface area contributed by atoms with Gasteiger partial charge in [0, 0.05) is 23.5 Å². The molecular weight excluding hydrogens is 324 g/mol. The molecule has 0 aliphatic carbocycles. The molecule has 2 aromatic heterocycles. The number of nitrogens with zero attached hydrogens (tertiary/aromatic N) is 3. The van der Waals surface area contributed by atoms with Gasteiger partial charge in [-0.05, 0) is 42.5 Å². The van der Waals surface area contributed by atoms with Gasteiger partial charge in [-0.2, -0.15) is 5.26 Å². The van der Waals surface area contributed by atoms with Gasteiger partial charge in [0.05, 0.1) is 23.0 Å². The van der Waals surface area contributed by atoms with Crippen LogP contribution in [0.15, 0.2) is 79.3 Å². The van der Waals surface area contributed by atoms with E-state index < -0.39 is 0 Å². The first-order valence-electron chi connectivity index (χ1n) is 8.06. The number of aromatic nitrogens is 2. The second kappa shape index (κ2) is 6.91. The molecule has 0 bridgehead atoms. The Kier molecular flexibility index (Phi) is 4.15. The number of pyridine rings is 2. The molecule has 0 amide bonds. The number of hydrogen-bond donors (Lipinski definition) is 1. The van der Waals surface area contributed by atoms with E-state index in [1.807, 2.05) is 60.7 Å². The van der Waals surface area contributed by atoms with Crippen LogP contribution in [0.2, 0.25) is 0 Å². The second-order valence-corrected chi connectivity index (χ2v) is 5.62. The van der Waals surface area contributed by atoms with Crippen molar-refractivity contribution < 1.29 is 4.74 Å². The minimum absolute atomic E-state index is 0.480. The summed E-state index contributed by atoms with van der Waals surface area (Å²) in [4.78, 5) is 8.35. The minimum Gasteiger partial charge on any atom is -0.457 e. The number of rotatable bonds is 4. The van der Waals surface area contributed by atoms with Gasteiger partial charge in [0.25, 0.3) is 0 Å². The fourth-order valence-corrected chi connectivity index (χ4v) is 2.64. The van der Waals surface area contributed by atoms with Crippen LogP contribution in [0, 0.1) is 11.3 Å². The van der Waals surface area contributed by atoms with Crippen molar-refractivity contribution in [2.24, 2.45) is 0 Å². The van der Waals surface area contributed by atoms with Crippen molar-refractivity contribution in [1.29, 1.82) is 5.26 Å². The van der Waals surface area contributed by atoms with E-state index in [-0.39, 0.29) is 0 Å². The zero-order valence-corrected chi connectivity index (χ0v) is 13.8. The van der Waals surface area contributed by atoms with E-state index >= 15 is 0 Å². The van der Waals surface area contributed by atoms with Crippen LogP contribution < -0.4 is 10.1 Å². The molecule has 124 valence electrons. The van der Waals surface area contributed by atoms with Crippen LogP contribution in [-0.4, -0.2) is 9.97 Å². The molecule has 0 radical (unpaired) electrons. The monoisotopic (exact) mass is 338 g/mol. The smallest absolute Gasteiger partial charge is 0.127 e. The third kappa shape index (κ3) is 3.17. The summed E-state index contributed by atoms with van der Waals surface area (Å²) in [5.74, 6) is 1.53. The summed E-state index contributed by atoms with van der Waals surface area (Å²) < 4.78 is 5.80. The van der Waals surface area contributed by atoms with Gasteiger partial charge in [0.15, 0.2) is 0 Å². The highest BCUT2D eigenvalue weighted by Crippen LogP contribution is 2.29. The highest BCUT2D eigenvalue weighted by molar-refractivity contribution is 5.95. The van der Waals surface area contributed by atoms with Crippen LogP contribution in [-0.2, 0) is 0 Å². The van der Waals surface area contributed by atoms with Crippen LogP contribution in [0.25, 0.3) is 10.9 Å². The van der Waals surface area contributed by atoms with Crippen molar-refractivity contribution in [1.82, 2.24) is 9.97 Å². The van der Waals surface area contributed by atoms with Crippen molar-refractivity contribution >= 4 is 22.3 Å². The lowest BCUT2D eigenvalue weighted by molar-refractivity contribution is 0.483. The SMILES string of the molecule is N#Cc1cnc2cnccc2c1Nc1ccc(Oc2ccccc2)cc1. The van der Waals surface area contributed by atoms with Gasteiger partial charge in [-0.15, -0.1) is 0 Å². The Labute approximate surface area is 150 Å². The van der Waals surface area contributed by atoms with Crippen LogP contribution in [0.4, 0.5) is 11.4 Å². The van der Waals surface area contributed by atoms with Crippen molar-refractivity contribution in [2.75, 3.05) is 5.32 Å². The first-order valence-corrected chi connectivity index (χ1v) is 8.06. The van der Waals surface area contributed by atoms with Crippen LogP contribution >= 0.6 is 0 Å². The number of fused-ring (bicyclic) bond motifs is 1. The molecule has 2 heterocycles. The predicted molar refractivity (Wildman–Crippen MR) is 100 cm³/mol. The quantitative estimate of drug-likeness (QED) is 0.564. The lowest BCUT2D eigenvalue weighted by atomic mass is 10.1. The fraction of sp³-hybridized carbons (Fsp3) is 0. The van der Waals surface area contributed by atoms with E-state index in [2.05, 4.69) is 21.4 Å². The molecule has 0 unspecified atom stereocenters. The summed E-state index contributed by atoms with van der Waals surface area (Å²) in [6.07, 6.45) is 4.92. The number of hydrogen-bond acceptors (Lipinski definition) is 5. The van der Waals surface area contributed by atoms with E-state index in [1.165, 1.54) is 0 Å². The lowest BCUT2D eigenvalue weighted by Crippen LogP contribution is -1.97. The van der Waals surface area contributed by atoms with Gasteiger partial charge in [-0.25, -0.2) is 0 Å². The van der Waals surface area contributed by atoms with Gasteiger partial charge < -0.3 is 10.1 Å². The topological polar surface area (TPSA) is 70.8 Å². The van der Waals surface area contributed by atoms with Crippen molar-refractivity contribution in [3.63, 3.8) is 0 Å². The molecule has 5 heteroatoms. The van der Waals surface area contributed by atoms with E-state index in [4.69, 9.17) is 4.74 Å². The fourth-order valence-electron chi connectivity index (χ4n) is 2.64. The number of ether oxygens (including phenoxy) is 1. The first kappa shape index (κ1) is 15.6. The van der Waals surface area contributed by atoms with E-state index in [0.717, 1.165) is 33.8 Å². The van der Waals surface area contributed by atoms with Gasteiger partial charge in [-0.3, -0.25) is 9.97 Å². The molecule has 0 atom stereocenters. The van der Waals surface area contributed by atoms with Crippen LogP contribution in [0.3, 0.4) is 0 Å². The third-order valence-electron chi connectivity index (χ3n) is 3.89. The van der Waals surface area contributed by atoms with Crippen LogP contribution in [0.5, 0.6) is 11.5 Å². The molecule has 0 aliphatic rings. The lowest BCUT2D eigenvalue weighted by Gasteiger charge is -2.12. The molecule has 0 aliphatic heterocycles. The van der Waals surface area contributed by atoms with E-state index in [0.29, 0.717) is 5.56 Å². The Morgan fingerprint density at radius 2 is 1.65 bits per heavy atom. The number of benzene rings is 2. The standard InChI is InChI=1S/C21H14N4O/c22-12-15-13-24-20-14-23-11-10-19(20)21(15)25-16-6-8-18(9-7-16)26-17-4-2-1-3-5-17/h1-11,13-14H,(H,24,25). The molecule has 0 saturated carbocycles. The molecule has 5 nitrogen and oxygen atoms in total. The molecule has 4 rings (SSSR count). The number of anilines is 2.